The molecule has 28 heavy (non-hydrogen) atoms. The van der Waals surface area contributed by atoms with Gasteiger partial charge >= 0.3 is 0 Å². The van der Waals surface area contributed by atoms with Crippen LogP contribution in [-0.4, -0.2) is 43.7 Å². The van der Waals surface area contributed by atoms with Gasteiger partial charge < -0.3 is 10.2 Å². The molecule has 4 rings (SSSR count). The third kappa shape index (κ3) is 4.28. The van der Waals surface area contributed by atoms with E-state index in [0.717, 1.165) is 37.3 Å². The van der Waals surface area contributed by atoms with E-state index in [1.165, 1.54) is 12.7 Å². The fourth-order valence-electron chi connectivity index (χ4n) is 3.27. The van der Waals surface area contributed by atoms with Crippen molar-refractivity contribution in [3.05, 3.63) is 59.9 Å². The summed E-state index contributed by atoms with van der Waals surface area (Å²) in [7, 11) is 0. The highest BCUT2D eigenvalue weighted by atomic mass is 35.5. The first-order valence-electron chi connectivity index (χ1n) is 9.13. The highest BCUT2D eigenvalue weighted by Crippen LogP contribution is 2.23. The minimum Gasteiger partial charge on any atom is -0.356 e. The van der Waals surface area contributed by atoms with Crippen LogP contribution in [0, 0.1) is 5.92 Å². The van der Waals surface area contributed by atoms with Gasteiger partial charge in [-0.3, -0.25) is 4.79 Å². The zero-order valence-electron chi connectivity index (χ0n) is 15.2. The lowest BCUT2D eigenvalue weighted by atomic mass is 9.96. The molecule has 0 unspecified atom stereocenters. The molecule has 9 heteroatoms. The first-order valence-corrected chi connectivity index (χ1v) is 9.51. The maximum Gasteiger partial charge on any atom is 0.223 e. The van der Waals surface area contributed by atoms with E-state index in [2.05, 4.69) is 30.3 Å². The summed E-state index contributed by atoms with van der Waals surface area (Å²) in [5.41, 5.74) is 1.04. The Hall–Kier alpha value is -3.00. The van der Waals surface area contributed by atoms with Crippen LogP contribution in [0.5, 0.6) is 0 Å². The van der Waals surface area contributed by atoms with Crippen LogP contribution >= 0.6 is 11.6 Å². The summed E-state index contributed by atoms with van der Waals surface area (Å²) in [5.74, 6) is 1.62. The van der Waals surface area contributed by atoms with Crippen molar-refractivity contribution in [1.82, 2.24) is 30.0 Å². The minimum absolute atomic E-state index is 0.0140. The minimum atomic E-state index is 0.0140. The smallest absolute Gasteiger partial charge is 0.223 e. The van der Waals surface area contributed by atoms with E-state index in [0.29, 0.717) is 17.4 Å². The second-order valence-corrected chi connectivity index (χ2v) is 7.12. The molecule has 3 aromatic rings. The Morgan fingerprint density at radius 1 is 1.11 bits per heavy atom. The molecular weight excluding hydrogens is 378 g/mol. The highest BCUT2D eigenvalue weighted by Gasteiger charge is 2.25. The summed E-state index contributed by atoms with van der Waals surface area (Å²) in [6, 6.07) is 9.39. The van der Waals surface area contributed by atoms with Crippen molar-refractivity contribution in [2.24, 2.45) is 5.92 Å². The lowest BCUT2D eigenvalue weighted by molar-refractivity contribution is -0.125. The molecule has 8 nitrogen and oxygen atoms in total. The van der Waals surface area contributed by atoms with Gasteiger partial charge in [-0.15, -0.1) is 0 Å². The van der Waals surface area contributed by atoms with Crippen LogP contribution in [0.15, 0.2) is 49.3 Å². The number of rotatable bonds is 5. The standard InChI is InChI=1S/C19H20ClN7O/c20-16-3-1-14(2-4-16)10-22-19(28)15-5-7-26(8-6-15)17-9-18(24-12-23-17)27-13-21-11-25-27/h1-4,9,11-13,15H,5-8,10H2,(H,22,28). The van der Waals surface area contributed by atoms with Crippen LogP contribution in [0.25, 0.3) is 5.82 Å². The topological polar surface area (TPSA) is 88.8 Å². The van der Waals surface area contributed by atoms with Crippen molar-refractivity contribution in [1.29, 1.82) is 0 Å². The largest absolute Gasteiger partial charge is 0.356 e. The highest BCUT2D eigenvalue weighted by molar-refractivity contribution is 6.30. The monoisotopic (exact) mass is 397 g/mol. The zero-order valence-corrected chi connectivity index (χ0v) is 16.0. The first kappa shape index (κ1) is 18.4. The van der Waals surface area contributed by atoms with Crippen LogP contribution in [-0.2, 0) is 11.3 Å². The Labute approximate surface area is 167 Å². The number of hydrogen-bond acceptors (Lipinski definition) is 6. The van der Waals surface area contributed by atoms with Gasteiger partial charge in [0.25, 0.3) is 0 Å². The van der Waals surface area contributed by atoms with Gasteiger partial charge in [-0.1, -0.05) is 23.7 Å². The van der Waals surface area contributed by atoms with Crippen molar-refractivity contribution in [2.45, 2.75) is 19.4 Å². The number of nitrogens with one attached hydrogen (secondary N) is 1. The van der Waals surface area contributed by atoms with Crippen LogP contribution in [0.4, 0.5) is 5.82 Å². The molecule has 1 aliphatic rings. The summed E-state index contributed by atoms with van der Waals surface area (Å²) in [6.07, 6.45) is 6.17. The summed E-state index contributed by atoms with van der Waals surface area (Å²) < 4.78 is 1.60. The maximum absolute atomic E-state index is 12.5. The normalized spacial score (nSPS) is 14.8. The van der Waals surface area contributed by atoms with Crippen LogP contribution < -0.4 is 10.2 Å². The number of benzene rings is 1. The van der Waals surface area contributed by atoms with E-state index in [-0.39, 0.29) is 11.8 Å². The molecule has 0 atom stereocenters. The molecule has 0 radical (unpaired) electrons. The van der Waals surface area contributed by atoms with Crippen molar-refractivity contribution < 1.29 is 4.79 Å². The van der Waals surface area contributed by atoms with E-state index in [4.69, 9.17) is 11.6 Å². The van der Waals surface area contributed by atoms with Crippen molar-refractivity contribution in [2.75, 3.05) is 18.0 Å². The van der Waals surface area contributed by atoms with Crippen molar-refractivity contribution in [3.8, 4) is 5.82 Å². The number of carbonyl (C=O) groups is 1. The molecule has 1 saturated heterocycles. The van der Waals surface area contributed by atoms with Crippen molar-refractivity contribution in [3.63, 3.8) is 0 Å². The van der Waals surface area contributed by atoms with Gasteiger partial charge in [0.2, 0.25) is 5.91 Å². The third-order valence-electron chi connectivity index (χ3n) is 4.86. The Bertz CT molecular complexity index is 922. The number of aromatic nitrogens is 5. The second kappa shape index (κ2) is 8.35. The van der Waals surface area contributed by atoms with E-state index in [1.54, 1.807) is 11.0 Å². The van der Waals surface area contributed by atoms with Gasteiger partial charge in [0.15, 0.2) is 5.82 Å². The van der Waals surface area contributed by atoms with Gasteiger partial charge in [0.05, 0.1) is 0 Å². The van der Waals surface area contributed by atoms with Gasteiger partial charge in [-0.25, -0.2) is 19.6 Å². The Morgan fingerprint density at radius 2 is 1.86 bits per heavy atom. The lowest BCUT2D eigenvalue weighted by Crippen LogP contribution is -2.40. The second-order valence-electron chi connectivity index (χ2n) is 6.68. The SMILES string of the molecule is O=C(NCc1ccc(Cl)cc1)C1CCN(c2cc(-n3cncn3)ncn2)CC1. The summed E-state index contributed by atoms with van der Waals surface area (Å²) in [5, 5.41) is 7.81. The molecule has 1 aromatic carbocycles. The number of amides is 1. The number of halogens is 1. The van der Waals surface area contributed by atoms with Gasteiger partial charge in [0.1, 0.15) is 24.8 Å². The van der Waals surface area contributed by atoms with Crippen molar-refractivity contribution >= 4 is 23.3 Å². The molecule has 2 aromatic heterocycles. The molecule has 0 saturated carbocycles. The molecule has 1 fully saturated rings. The molecular formula is C19H20ClN7O. The van der Waals surface area contributed by atoms with Crippen LogP contribution in [0.2, 0.25) is 5.02 Å². The van der Waals surface area contributed by atoms with Crippen LogP contribution in [0.3, 0.4) is 0 Å². The van der Waals surface area contributed by atoms with Gasteiger partial charge in [-0.05, 0) is 30.5 Å². The maximum atomic E-state index is 12.5. The molecule has 1 aliphatic heterocycles. The molecule has 144 valence electrons. The van der Waals surface area contributed by atoms with Crippen LogP contribution in [0.1, 0.15) is 18.4 Å². The fourth-order valence-corrected chi connectivity index (χ4v) is 3.39. The molecule has 1 N–H and O–H groups in total. The summed E-state index contributed by atoms with van der Waals surface area (Å²) >= 11 is 5.89. The zero-order chi connectivity index (χ0) is 19.3. The average molecular weight is 398 g/mol. The lowest BCUT2D eigenvalue weighted by Gasteiger charge is -2.32. The molecule has 0 spiro atoms. The molecule has 0 aliphatic carbocycles. The van der Waals surface area contributed by atoms with E-state index in [9.17, 15) is 4.79 Å². The Kier molecular flexibility index (Phi) is 5.48. The molecule has 3 heterocycles. The fraction of sp³-hybridized carbons (Fsp3) is 0.316. The predicted octanol–water partition coefficient (Wildman–Crippen LogP) is 2.24. The van der Waals surface area contributed by atoms with Gasteiger partial charge in [0, 0.05) is 36.6 Å². The van der Waals surface area contributed by atoms with E-state index < -0.39 is 0 Å². The third-order valence-corrected chi connectivity index (χ3v) is 5.11. The van der Waals surface area contributed by atoms with E-state index in [1.807, 2.05) is 30.3 Å². The molecule has 0 bridgehead atoms. The van der Waals surface area contributed by atoms with Gasteiger partial charge in [-0.2, -0.15) is 5.10 Å². The number of hydrogen-bond donors (Lipinski definition) is 1. The number of anilines is 1. The summed E-state index contributed by atoms with van der Waals surface area (Å²) in [6.45, 7) is 2.06. The Morgan fingerprint density at radius 3 is 2.57 bits per heavy atom. The quantitative estimate of drug-likeness (QED) is 0.710. The van der Waals surface area contributed by atoms with E-state index >= 15 is 0 Å². The summed E-state index contributed by atoms with van der Waals surface area (Å²) in [4.78, 5) is 27.2. The number of nitrogens with zero attached hydrogens (tertiary/aromatic N) is 6. The Balaban J connectivity index is 1.31. The number of piperidine rings is 1. The number of carbonyl (C=O) groups excluding carboxylic acids is 1. The predicted molar refractivity (Wildman–Crippen MR) is 105 cm³/mol. The first-order chi connectivity index (χ1) is 13.7. The average Bonchev–Trinajstić information content (AvgIpc) is 3.28. The molecule has 1 amide bonds.